The fourth-order valence-electron chi connectivity index (χ4n) is 3.47. The molecule has 0 bridgehead atoms. The van der Waals surface area contributed by atoms with Crippen LogP contribution in [0.1, 0.15) is 18.4 Å². The number of aryl methyl sites for hydroxylation is 1. The van der Waals surface area contributed by atoms with Crippen LogP contribution >= 0.6 is 0 Å². The van der Waals surface area contributed by atoms with E-state index < -0.39 is 11.2 Å². The fraction of sp³-hybridized carbons (Fsp3) is 0.684. The van der Waals surface area contributed by atoms with E-state index in [2.05, 4.69) is 0 Å². The number of hydrogen-bond acceptors (Lipinski definition) is 6. The lowest BCUT2D eigenvalue weighted by atomic mass is 9.93. The van der Waals surface area contributed by atoms with Gasteiger partial charge in [0.15, 0.2) is 0 Å². The van der Waals surface area contributed by atoms with Crippen molar-refractivity contribution in [2.45, 2.75) is 31.0 Å². The van der Waals surface area contributed by atoms with Crippen molar-refractivity contribution in [2.24, 2.45) is 0 Å². The predicted molar refractivity (Wildman–Crippen MR) is 93.8 cm³/mol. The van der Waals surface area contributed by atoms with Gasteiger partial charge in [0.1, 0.15) is 23.8 Å². The average molecular weight is 369 g/mol. The quantitative estimate of drug-likeness (QED) is 0.811. The highest BCUT2D eigenvalue weighted by molar-refractivity contribution is 5.28. The smallest absolute Gasteiger partial charge is 0.134 e. The van der Waals surface area contributed by atoms with Crippen molar-refractivity contribution in [3.05, 3.63) is 29.6 Å². The van der Waals surface area contributed by atoms with E-state index >= 15 is 0 Å². The molecule has 1 aromatic carbocycles. The number of hydrogen-bond donors (Lipinski definition) is 2. The molecular formula is C19H28FNO5. The van der Waals surface area contributed by atoms with Gasteiger partial charge in [0.2, 0.25) is 0 Å². The van der Waals surface area contributed by atoms with E-state index in [1.165, 1.54) is 6.07 Å². The Labute approximate surface area is 153 Å². The summed E-state index contributed by atoms with van der Waals surface area (Å²) in [7, 11) is 0. The summed E-state index contributed by atoms with van der Waals surface area (Å²) in [6, 6.07) is 4.51. The summed E-state index contributed by atoms with van der Waals surface area (Å²) in [5.74, 6) is 0.223. The standard InChI is InChI=1S/C19H28FNO5/c1-15-10-16(2-3-17(15)20)26-14-19(23)12-21(6-9-25-13-19)11-18(22)4-7-24-8-5-18/h2-3,10,22-23H,4-9,11-14H2,1H3/t19-/m0/s1. The normalized spacial score (nSPS) is 27.1. The maximum atomic E-state index is 13.4. The molecule has 146 valence electrons. The minimum absolute atomic E-state index is 0.0378. The maximum Gasteiger partial charge on any atom is 0.134 e. The first-order valence-corrected chi connectivity index (χ1v) is 9.09. The van der Waals surface area contributed by atoms with Gasteiger partial charge < -0.3 is 24.4 Å². The van der Waals surface area contributed by atoms with Crippen LogP contribution in [0.15, 0.2) is 18.2 Å². The SMILES string of the molecule is Cc1cc(OC[C@@]2(O)COCCN(CC3(O)CCOCC3)C2)ccc1F. The number of rotatable bonds is 5. The summed E-state index contributed by atoms with van der Waals surface area (Å²) in [6.07, 6.45) is 1.18. The molecule has 0 unspecified atom stereocenters. The summed E-state index contributed by atoms with van der Waals surface area (Å²) in [5.41, 5.74) is -1.49. The first-order valence-electron chi connectivity index (χ1n) is 9.09. The zero-order chi connectivity index (χ0) is 18.6. The Morgan fingerprint density at radius 2 is 1.92 bits per heavy atom. The molecular weight excluding hydrogens is 341 g/mol. The highest BCUT2D eigenvalue weighted by Crippen LogP contribution is 2.24. The lowest BCUT2D eigenvalue weighted by molar-refractivity contribution is -0.0948. The molecule has 2 heterocycles. The zero-order valence-corrected chi connectivity index (χ0v) is 15.2. The van der Waals surface area contributed by atoms with Crippen LogP contribution in [0.4, 0.5) is 4.39 Å². The van der Waals surface area contributed by atoms with Crippen molar-refractivity contribution in [1.82, 2.24) is 4.90 Å². The summed E-state index contributed by atoms with van der Waals surface area (Å²) >= 11 is 0. The highest BCUT2D eigenvalue weighted by Gasteiger charge is 2.38. The van der Waals surface area contributed by atoms with Crippen molar-refractivity contribution < 1.29 is 28.8 Å². The van der Waals surface area contributed by atoms with Gasteiger partial charge in [-0.25, -0.2) is 4.39 Å². The van der Waals surface area contributed by atoms with Gasteiger partial charge in [-0.05, 0) is 30.7 Å². The van der Waals surface area contributed by atoms with Crippen molar-refractivity contribution >= 4 is 0 Å². The van der Waals surface area contributed by atoms with E-state index in [0.717, 1.165) is 0 Å². The van der Waals surface area contributed by atoms with Crippen LogP contribution in [-0.2, 0) is 9.47 Å². The summed E-state index contributed by atoms with van der Waals surface area (Å²) in [4.78, 5) is 2.03. The molecule has 2 aliphatic rings. The molecule has 0 aromatic heterocycles. The number of β-amino-alcohol motifs (C(OH)–C–C–N with tert-alkyl or cyclic N) is 2. The fourth-order valence-corrected chi connectivity index (χ4v) is 3.47. The Morgan fingerprint density at radius 3 is 2.65 bits per heavy atom. The third kappa shape index (κ3) is 5.14. The molecule has 2 N–H and O–H groups in total. The zero-order valence-electron chi connectivity index (χ0n) is 15.2. The Morgan fingerprint density at radius 1 is 1.15 bits per heavy atom. The van der Waals surface area contributed by atoms with Gasteiger partial charge in [0.25, 0.3) is 0 Å². The molecule has 2 aliphatic heterocycles. The molecule has 0 aliphatic carbocycles. The minimum atomic E-state index is -1.19. The molecule has 1 atom stereocenters. The van der Waals surface area contributed by atoms with Crippen molar-refractivity contribution in [3.63, 3.8) is 0 Å². The lowest BCUT2D eigenvalue weighted by Crippen LogP contribution is -2.53. The first kappa shape index (κ1) is 19.5. The van der Waals surface area contributed by atoms with Crippen molar-refractivity contribution in [3.8, 4) is 5.75 Å². The van der Waals surface area contributed by atoms with Gasteiger partial charge >= 0.3 is 0 Å². The van der Waals surface area contributed by atoms with E-state index in [1.54, 1.807) is 19.1 Å². The van der Waals surface area contributed by atoms with E-state index in [1.807, 2.05) is 4.90 Å². The predicted octanol–water partition coefficient (Wildman–Crippen LogP) is 1.12. The Bertz CT molecular complexity index is 608. The Balaban J connectivity index is 1.60. The third-order valence-electron chi connectivity index (χ3n) is 5.02. The molecule has 2 saturated heterocycles. The molecule has 3 rings (SSSR count). The third-order valence-corrected chi connectivity index (χ3v) is 5.02. The number of halogens is 1. The Hall–Kier alpha value is -1.25. The summed E-state index contributed by atoms with van der Waals surface area (Å²) in [5, 5.41) is 21.7. The van der Waals surface area contributed by atoms with Crippen LogP contribution in [0.2, 0.25) is 0 Å². The van der Waals surface area contributed by atoms with Crippen molar-refractivity contribution in [1.29, 1.82) is 0 Å². The number of ether oxygens (including phenoxy) is 3. The van der Waals surface area contributed by atoms with E-state index in [9.17, 15) is 14.6 Å². The largest absolute Gasteiger partial charge is 0.490 e. The van der Waals surface area contributed by atoms with E-state index in [-0.39, 0.29) is 19.0 Å². The number of nitrogens with zero attached hydrogens (tertiary/aromatic N) is 1. The minimum Gasteiger partial charge on any atom is -0.490 e. The topological polar surface area (TPSA) is 71.4 Å². The first-order chi connectivity index (χ1) is 12.4. The molecule has 0 radical (unpaired) electrons. The lowest BCUT2D eigenvalue weighted by Gasteiger charge is -2.38. The molecule has 2 fully saturated rings. The van der Waals surface area contributed by atoms with Gasteiger partial charge in [-0.2, -0.15) is 0 Å². The molecule has 7 heteroatoms. The second kappa shape index (κ2) is 8.19. The van der Waals surface area contributed by atoms with Crippen LogP contribution in [0, 0.1) is 12.7 Å². The summed E-state index contributed by atoms with van der Waals surface area (Å²) < 4.78 is 29.9. The number of aliphatic hydroxyl groups is 2. The van der Waals surface area contributed by atoms with Gasteiger partial charge in [-0.15, -0.1) is 0 Å². The molecule has 0 spiro atoms. The van der Waals surface area contributed by atoms with Crippen LogP contribution in [0.5, 0.6) is 5.75 Å². The molecule has 1 aromatic rings. The monoisotopic (exact) mass is 369 g/mol. The van der Waals surface area contributed by atoms with Gasteiger partial charge in [-0.1, -0.05) is 0 Å². The summed E-state index contributed by atoms with van der Waals surface area (Å²) in [6.45, 7) is 4.92. The molecule has 0 saturated carbocycles. The van der Waals surface area contributed by atoms with Crippen molar-refractivity contribution in [2.75, 3.05) is 52.7 Å². The van der Waals surface area contributed by atoms with Crippen LogP contribution in [0.25, 0.3) is 0 Å². The van der Waals surface area contributed by atoms with Gasteiger partial charge in [0.05, 0.1) is 18.8 Å². The second-order valence-corrected chi connectivity index (χ2v) is 7.52. The van der Waals surface area contributed by atoms with Crippen LogP contribution in [-0.4, -0.2) is 79.0 Å². The van der Waals surface area contributed by atoms with Gasteiger partial charge in [-0.3, -0.25) is 4.90 Å². The molecule has 26 heavy (non-hydrogen) atoms. The van der Waals surface area contributed by atoms with E-state index in [4.69, 9.17) is 14.2 Å². The maximum absolute atomic E-state index is 13.4. The van der Waals surface area contributed by atoms with Crippen LogP contribution < -0.4 is 4.74 Å². The highest BCUT2D eigenvalue weighted by atomic mass is 19.1. The van der Waals surface area contributed by atoms with E-state index in [0.29, 0.717) is 63.6 Å². The number of benzene rings is 1. The average Bonchev–Trinajstić information content (AvgIpc) is 2.78. The Kier molecular flexibility index (Phi) is 6.14. The van der Waals surface area contributed by atoms with Crippen LogP contribution in [0.3, 0.4) is 0 Å². The molecule has 0 amide bonds. The second-order valence-electron chi connectivity index (χ2n) is 7.52. The molecule has 6 nitrogen and oxygen atoms in total. The van der Waals surface area contributed by atoms with Gasteiger partial charge in [0, 0.05) is 45.7 Å².